The minimum Gasteiger partial charge on any atom is -0.310 e. The molecule has 1 aromatic heterocycles. The Hall–Kier alpha value is -1.63. The van der Waals surface area contributed by atoms with E-state index in [1.807, 2.05) is 12.1 Å². The second-order valence-corrected chi connectivity index (χ2v) is 5.59. The Morgan fingerprint density at radius 2 is 1.89 bits per heavy atom. The van der Waals surface area contributed by atoms with E-state index >= 15 is 0 Å². The topological polar surface area (TPSA) is 35.8 Å². The first-order chi connectivity index (χ1) is 8.69. The summed E-state index contributed by atoms with van der Waals surface area (Å²) in [5, 5.41) is 12.2. The third-order valence-corrected chi connectivity index (χ3v) is 3.71. The van der Waals surface area contributed by atoms with Gasteiger partial charge in [0.2, 0.25) is 0 Å². The van der Waals surface area contributed by atoms with E-state index in [0.717, 1.165) is 16.3 Å². The summed E-state index contributed by atoms with van der Waals surface area (Å²) in [7, 11) is 0. The zero-order chi connectivity index (χ0) is 13.0. The lowest BCUT2D eigenvalue weighted by molar-refractivity contribution is 0.589. The molecule has 1 heterocycles. The molecule has 2 nitrogen and oxygen atoms in total. The van der Waals surface area contributed by atoms with Gasteiger partial charge in [-0.2, -0.15) is 5.26 Å². The highest BCUT2D eigenvalue weighted by atomic mass is 32.1. The van der Waals surface area contributed by atoms with Crippen molar-refractivity contribution in [2.75, 3.05) is 0 Å². The summed E-state index contributed by atoms with van der Waals surface area (Å²) in [6.45, 7) is 5.18. The molecule has 0 saturated heterocycles. The van der Waals surface area contributed by atoms with Crippen LogP contribution < -0.4 is 5.32 Å². The molecule has 0 spiro atoms. The van der Waals surface area contributed by atoms with Crippen LogP contribution in [0.3, 0.4) is 0 Å². The third-order valence-electron chi connectivity index (χ3n) is 2.67. The summed E-state index contributed by atoms with van der Waals surface area (Å²) in [5.74, 6) is 0. The average molecular weight is 256 g/mol. The van der Waals surface area contributed by atoms with Crippen LogP contribution in [0.1, 0.15) is 24.3 Å². The number of rotatable bonds is 4. The standard InChI is InChI=1S/C15H16N2S/c1-11(2)17-10-12-3-5-13(6-4-12)15-8-7-14(9-16)18-15/h3-8,11,17H,10H2,1-2H3. The molecule has 0 aliphatic carbocycles. The highest BCUT2D eigenvalue weighted by molar-refractivity contribution is 7.16. The molecule has 0 aliphatic heterocycles. The van der Waals surface area contributed by atoms with E-state index < -0.39 is 0 Å². The van der Waals surface area contributed by atoms with Crippen molar-refractivity contribution in [3.05, 3.63) is 46.8 Å². The molecule has 2 aromatic rings. The van der Waals surface area contributed by atoms with Crippen molar-refractivity contribution >= 4 is 11.3 Å². The molecule has 0 aliphatic rings. The zero-order valence-corrected chi connectivity index (χ0v) is 11.4. The summed E-state index contributed by atoms with van der Waals surface area (Å²) < 4.78 is 0. The Balaban J connectivity index is 2.10. The Morgan fingerprint density at radius 3 is 2.44 bits per heavy atom. The molecule has 0 atom stereocenters. The zero-order valence-electron chi connectivity index (χ0n) is 10.6. The lowest BCUT2D eigenvalue weighted by atomic mass is 10.1. The first kappa shape index (κ1) is 12.8. The van der Waals surface area contributed by atoms with Crippen LogP contribution in [0.5, 0.6) is 0 Å². The van der Waals surface area contributed by atoms with Crippen molar-refractivity contribution in [3.8, 4) is 16.5 Å². The molecule has 92 valence electrons. The Morgan fingerprint density at radius 1 is 1.17 bits per heavy atom. The first-order valence-corrected chi connectivity index (χ1v) is 6.83. The van der Waals surface area contributed by atoms with E-state index in [1.165, 1.54) is 22.5 Å². The van der Waals surface area contributed by atoms with E-state index in [2.05, 4.69) is 49.5 Å². The van der Waals surface area contributed by atoms with Crippen molar-refractivity contribution < 1.29 is 0 Å². The molecule has 18 heavy (non-hydrogen) atoms. The van der Waals surface area contributed by atoms with Crippen LogP contribution in [0.2, 0.25) is 0 Å². The van der Waals surface area contributed by atoms with Crippen molar-refractivity contribution in [1.82, 2.24) is 5.32 Å². The molecule has 0 unspecified atom stereocenters. The summed E-state index contributed by atoms with van der Waals surface area (Å²) in [4.78, 5) is 1.91. The molecule has 2 rings (SSSR count). The Kier molecular flexibility index (Phi) is 4.14. The summed E-state index contributed by atoms with van der Waals surface area (Å²) in [5.41, 5.74) is 2.46. The average Bonchev–Trinajstić information content (AvgIpc) is 2.85. The number of hydrogen-bond donors (Lipinski definition) is 1. The smallest absolute Gasteiger partial charge is 0.110 e. The van der Waals surface area contributed by atoms with Crippen LogP contribution in [0, 0.1) is 11.3 Å². The summed E-state index contributed by atoms with van der Waals surface area (Å²) >= 11 is 1.53. The molecule has 3 heteroatoms. The fourth-order valence-corrected chi connectivity index (χ4v) is 2.47. The fraction of sp³-hybridized carbons (Fsp3) is 0.267. The number of nitrogens with zero attached hydrogens (tertiary/aromatic N) is 1. The summed E-state index contributed by atoms with van der Waals surface area (Å²) in [6, 6.07) is 15.0. The maximum Gasteiger partial charge on any atom is 0.110 e. The van der Waals surface area contributed by atoms with Crippen LogP contribution in [0.25, 0.3) is 10.4 Å². The predicted molar refractivity (Wildman–Crippen MR) is 76.4 cm³/mol. The molecular weight excluding hydrogens is 240 g/mol. The molecular formula is C15H16N2S. The van der Waals surface area contributed by atoms with Gasteiger partial charge in [0, 0.05) is 17.5 Å². The van der Waals surface area contributed by atoms with Gasteiger partial charge in [-0.3, -0.25) is 0 Å². The quantitative estimate of drug-likeness (QED) is 0.903. The van der Waals surface area contributed by atoms with Gasteiger partial charge in [-0.25, -0.2) is 0 Å². The van der Waals surface area contributed by atoms with Gasteiger partial charge >= 0.3 is 0 Å². The van der Waals surface area contributed by atoms with E-state index in [0.29, 0.717) is 6.04 Å². The minimum absolute atomic E-state index is 0.500. The number of nitrogens with one attached hydrogen (secondary N) is 1. The molecule has 0 radical (unpaired) electrons. The minimum atomic E-state index is 0.500. The highest BCUT2D eigenvalue weighted by Gasteiger charge is 2.02. The largest absolute Gasteiger partial charge is 0.310 e. The SMILES string of the molecule is CC(C)NCc1ccc(-c2ccc(C#N)s2)cc1. The second-order valence-electron chi connectivity index (χ2n) is 4.51. The van der Waals surface area contributed by atoms with Crippen molar-refractivity contribution in [2.45, 2.75) is 26.4 Å². The lowest BCUT2D eigenvalue weighted by Gasteiger charge is -2.08. The van der Waals surface area contributed by atoms with E-state index in [9.17, 15) is 0 Å². The fourth-order valence-electron chi connectivity index (χ4n) is 1.66. The number of benzene rings is 1. The summed E-state index contributed by atoms with van der Waals surface area (Å²) in [6.07, 6.45) is 0. The normalized spacial score (nSPS) is 10.6. The molecule has 0 bridgehead atoms. The maximum absolute atomic E-state index is 8.82. The molecule has 0 fully saturated rings. The van der Waals surface area contributed by atoms with Gasteiger partial charge in [-0.1, -0.05) is 38.1 Å². The van der Waals surface area contributed by atoms with Crippen molar-refractivity contribution in [1.29, 1.82) is 5.26 Å². The van der Waals surface area contributed by atoms with Gasteiger partial charge in [0.15, 0.2) is 0 Å². The predicted octanol–water partition coefficient (Wildman–Crippen LogP) is 3.78. The van der Waals surface area contributed by atoms with Gasteiger partial charge < -0.3 is 5.32 Å². The van der Waals surface area contributed by atoms with Gasteiger partial charge in [0.05, 0.1) is 0 Å². The van der Waals surface area contributed by atoms with Gasteiger partial charge in [0.25, 0.3) is 0 Å². The number of thiophene rings is 1. The van der Waals surface area contributed by atoms with Crippen LogP contribution >= 0.6 is 11.3 Å². The highest BCUT2D eigenvalue weighted by Crippen LogP contribution is 2.27. The maximum atomic E-state index is 8.82. The van der Waals surface area contributed by atoms with Crippen molar-refractivity contribution in [3.63, 3.8) is 0 Å². The second kappa shape index (κ2) is 5.81. The van der Waals surface area contributed by atoms with E-state index in [1.54, 1.807) is 0 Å². The van der Waals surface area contributed by atoms with Gasteiger partial charge in [0.1, 0.15) is 10.9 Å². The van der Waals surface area contributed by atoms with Crippen LogP contribution in [-0.4, -0.2) is 6.04 Å². The van der Waals surface area contributed by atoms with E-state index in [4.69, 9.17) is 5.26 Å². The van der Waals surface area contributed by atoms with Gasteiger partial charge in [-0.05, 0) is 23.3 Å². The Bertz CT molecular complexity index is 547. The molecule has 1 aromatic carbocycles. The number of nitriles is 1. The molecule has 0 amide bonds. The third kappa shape index (κ3) is 3.19. The van der Waals surface area contributed by atoms with Crippen LogP contribution in [0.15, 0.2) is 36.4 Å². The Labute approximate surface area is 112 Å². The monoisotopic (exact) mass is 256 g/mol. The van der Waals surface area contributed by atoms with Crippen LogP contribution in [-0.2, 0) is 6.54 Å². The number of hydrogen-bond acceptors (Lipinski definition) is 3. The molecule has 0 saturated carbocycles. The van der Waals surface area contributed by atoms with Crippen LogP contribution in [0.4, 0.5) is 0 Å². The lowest BCUT2D eigenvalue weighted by Crippen LogP contribution is -2.21. The van der Waals surface area contributed by atoms with E-state index in [-0.39, 0.29) is 0 Å². The molecule has 1 N–H and O–H groups in total. The first-order valence-electron chi connectivity index (χ1n) is 6.01. The van der Waals surface area contributed by atoms with Gasteiger partial charge in [-0.15, -0.1) is 11.3 Å². The van der Waals surface area contributed by atoms with Crippen molar-refractivity contribution in [2.24, 2.45) is 0 Å².